The fraction of sp³-hybridized carbons (Fsp3) is 0.211. The first-order valence-electron chi connectivity index (χ1n) is 9.50. The predicted molar refractivity (Wildman–Crippen MR) is 134 cm³/mol. The van der Waals surface area contributed by atoms with Crippen molar-refractivity contribution in [1.82, 2.24) is 20.2 Å². The number of rotatable bonds is 7. The number of hydrogen-bond donors (Lipinski definition) is 4. The number of amides is 2. The molecule has 10 nitrogen and oxygen atoms in total. The summed E-state index contributed by atoms with van der Waals surface area (Å²) in [6.45, 7) is 0. The highest BCUT2D eigenvalue weighted by Gasteiger charge is 2.54. The zero-order valence-corrected chi connectivity index (χ0v) is 21.0. The number of anilines is 2. The van der Waals surface area contributed by atoms with Crippen LogP contribution in [0.25, 0.3) is 0 Å². The Balaban J connectivity index is 1.44. The summed E-state index contributed by atoms with van der Waals surface area (Å²) < 4.78 is 0. The van der Waals surface area contributed by atoms with E-state index in [4.69, 9.17) is 34.7 Å². The molecule has 0 saturated carbocycles. The fourth-order valence-electron chi connectivity index (χ4n) is 3.26. The molecule has 2 aliphatic heterocycles. The van der Waals surface area contributed by atoms with Crippen molar-refractivity contribution in [1.29, 1.82) is 0 Å². The van der Waals surface area contributed by atoms with Gasteiger partial charge in [0.2, 0.25) is 11.9 Å². The predicted octanol–water partition coefficient (Wildman–Crippen LogP) is 2.53. The number of β-lactam (4-membered cyclic amide) rings is 1. The van der Waals surface area contributed by atoms with Crippen molar-refractivity contribution >= 4 is 88.0 Å². The molecule has 1 saturated heterocycles. The van der Waals surface area contributed by atoms with Crippen molar-refractivity contribution < 1.29 is 19.5 Å². The first-order valence-corrected chi connectivity index (χ1v) is 13.1. The number of hydrogen-bond acceptors (Lipinski definition) is 10. The molecule has 0 spiro atoms. The van der Waals surface area contributed by atoms with E-state index < -0.39 is 23.3 Å². The SMILES string of the molecule is Nc1cc(SC2=C(C(=O)O)N3C(=O)[C@H](NC(=O)CSc4cc(Cl)ccc4Cl)[C@H]3SC2)nc(N)n1. The standard InChI is InChI=1S/C19H16Cl2N6O4S3/c20-7-1-2-8(21)9(3-7)32-6-12(28)25-14-16(29)27-15(18(30)31)10(5-33-17(14)27)34-13-4-11(22)24-19(23)26-13/h1-4,14,17H,5-6H2,(H,25,28)(H,30,31)(H4,22,23,24,26)/t14-,17+/m0/s1. The lowest BCUT2D eigenvalue weighted by Crippen LogP contribution is -2.70. The summed E-state index contributed by atoms with van der Waals surface area (Å²) in [5, 5.41) is 13.3. The summed E-state index contributed by atoms with van der Waals surface area (Å²) in [4.78, 5) is 47.3. The van der Waals surface area contributed by atoms with E-state index >= 15 is 0 Å². The average Bonchev–Trinajstić information content (AvgIpc) is 2.76. The van der Waals surface area contributed by atoms with Gasteiger partial charge in [0.05, 0.1) is 10.8 Å². The van der Waals surface area contributed by atoms with E-state index in [-0.39, 0.29) is 29.1 Å². The molecule has 1 fully saturated rings. The summed E-state index contributed by atoms with van der Waals surface area (Å²) in [7, 11) is 0. The van der Waals surface area contributed by atoms with Crippen LogP contribution in [0.15, 0.2) is 44.8 Å². The van der Waals surface area contributed by atoms with Crippen LogP contribution in [0.5, 0.6) is 0 Å². The van der Waals surface area contributed by atoms with Gasteiger partial charge in [-0.3, -0.25) is 14.5 Å². The van der Waals surface area contributed by atoms with Gasteiger partial charge in [0.1, 0.15) is 28.0 Å². The van der Waals surface area contributed by atoms with Crippen molar-refractivity contribution in [2.24, 2.45) is 0 Å². The maximum Gasteiger partial charge on any atom is 0.353 e. The number of thioether (sulfide) groups is 3. The smallest absolute Gasteiger partial charge is 0.353 e. The molecule has 6 N–H and O–H groups in total. The van der Waals surface area contributed by atoms with Crippen molar-refractivity contribution in [3.8, 4) is 0 Å². The zero-order valence-electron chi connectivity index (χ0n) is 17.0. The number of fused-ring (bicyclic) bond motifs is 1. The fourth-order valence-corrected chi connectivity index (χ4v) is 7.05. The molecule has 2 amide bonds. The lowest BCUT2D eigenvalue weighted by Gasteiger charge is -2.49. The van der Waals surface area contributed by atoms with E-state index in [2.05, 4.69) is 15.3 Å². The summed E-state index contributed by atoms with van der Waals surface area (Å²) in [5.74, 6) is -1.73. The van der Waals surface area contributed by atoms with E-state index in [0.29, 0.717) is 30.6 Å². The molecule has 2 atom stereocenters. The number of carbonyl (C=O) groups excluding carboxylic acids is 2. The number of benzene rings is 1. The molecule has 2 aliphatic rings. The number of halogens is 2. The Morgan fingerprint density at radius 1 is 1.26 bits per heavy atom. The number of carboxylic acids is 1. The summed E-state index contributed by atoms with van der Waals surface area (Å²) in [6.07, 6.45) is 0. The summed E-state index contributed by atoms with van der Waals surface area (Å²) in [5.41, 5.74) is 11.1. The quantitative estimate of drug-likeness (QED) is 0.224. The highest BCUT2D eigenvalue weighted by Crippen LogP contribution is 2.45. The number of carbonyl (C=O) groups is 3. The second-order valence-corrected chi connectivity index (χ2v) is 11.1. The molecule has 15 heteroatoms. The number of carboxylic acid groups (broad SMARTS) is 1. The van der Waals surface area contributed by atoms with Gasteiger partial charge in [0.15, 0.2) is 0 Å². The van der Waals surface area contributed by atoms with Gasteiger partial charge in [-0.2, -0.15) is 4.98 Å². The number of aromatic nitrogens is 2. The maximum absolute atomic E-state index is 12.8. The van der Waals surface area contributed by atoms with Gasteiger partial charge in [0, 0.05) is 26.6 Å². The highest BCUT2D eigenvalue weighted by molar-refractivity contribution is 8.06. The van der Waals surface area contributed by atoms with Crippen LogP contribution in [0.1, 0.15) is 0 Å². The summed E-state index contributed by atoms with van der Waals surface area (Å²) >= 11 is 15.7. The largest absolute Gasteiger partial charge is 0.477 e. The Labute approximate surface area is 216 Å². The first-order chi connectivity index (χ1) is 16.1. The molecule has 0 bridgehead atoms. The lowest BCUT2D eigenvalue weighted by atomic mass is 10.1. The lowest BCUT2D eigenvalue weighted by molar-refractivity contribution is -0.150. The van der Waals surface area contributed by atoms with Crippen molar-refractivity contribution in [3.05, 3.63) is 44.9 Å². The minimum atomic E-state index is -1.26. The monoisotopic (exact) mass is 558 g/mol. The third-order valence-electron chi connectivity index (χ3n) is 4.67. The van der Waals surface area contributed by atoms with Crippen LogP contribution in [0, 0.1) is 0 Å². The van der Waals surface area contributed by atoms with Crippen LogP contribution >= 0.6 is 58.5 Å². The van der Waals surface area contributed by atoms with Gasteiger partial charge in [-0.1, -0.05) is 35.0 Å². The van der Waals surface area contributed by atoms with Crippen LogP contribution in [-0.2, 0) is 14.4 Å². The van der Waals surface area contributed by atoms with Gasteiger partial charge in [0.25, 0.3) is 5.91 Å². The molecule has 1 aromatic heterocycles. The minimum Gasteiger partial charge on any atom is -0.477 e. The molecule has 0 unspecified atom stereocenters. The Kier molecular flexibility index (Phi) is 7.38. The molecule has 178 valence electrons. The Bertz CT molecular complexity index is 1210. The van der Waals surface area contributed by atoms with E-state index in [1.165, 1.54) is 34.5 Å². The molecule has 4 rings (SSSR count). The Morgan fingerprint density at radius 2 is 2.03 bits per heavy atom. The van der Waals surface area contributed by atoms with Gasteiger partial charge < -0.3 is 21.9 Å². The van der Waals surface area contributed by atoms with E-state index in [1.807, 2.05) is 0 Å². The van der Waals surface area contributed by atoms with Crippen LogP contribution in [0.2, 0.25) is 10.0 Å². The number of aliphatic carboxylic acids is 1. The van der Waals surface area contributed by atoms with Crippen molar-refractivity contribution in [2.75, 3.05) is 23.0 Å². The normalized spacial score (nSPS) is 19.5. The van der Waals surface area contributed by atoms with Gasteiger partial charge in [-0.25, -0.2) is 9.78 Å². The Morgan fingerprint density at radius 3 is 2.74 bits per heavy atom. The summed E-state index contributed by atoms with van der Waals surface area (Å²) in [6, 6.07) is 5.56. The second-order valence-electron chi connectivity index (χ2n) is 6.99. The number of nitrogens with two attached hydrogens (primary N) is 2. The van der Waals surface area contributed by atoms with Crippen LogP contribution in [0.3, 0.4) is 0 Å². The van der Waals surface area contributed by atoms with Gasteiger partial charge >= 0.3 is 5.97 Å². The van der Waals surface area contributed by atoms with Crippen LogP contribution in [-0.4, -0.2) is 60.7 Å². The van der Waals surface area contributed by atoms with E-state index in [1.54, 1.807) is 18.2 Å². The molecule has 1 aromatic carbocycles. The Hall–Kier alpha value is -2.32. The third kappa shape index (κ3) is 5.18. The highest BCUT2D eigenvalue weighted by atomic mass is 35.5. The zero-order chi connectivity index (χ0) is 24.6. The van der Waals surface area contributed by atoms with Crippen LogP contribution < -0.4 is 16.8 Å². The number of nitrogens with one attached hydrogen (secondary N) is 1. The van der Waals surface area contributed by atoms with Crippen molar-refractivity contribution in [2.45, 2.75) is 21.3 Å². The van der Waals surface area contributed by atoms with Crippen LogP contribution in [0.4, 0.5) is 11.8 Å². The molecule has 3 heterocycles. The topological polar surface area (TPSA) is 165 Å². The second kappa shape index (κ2) is 10.1. The van der Waals surface area contributed by atoms with Crippen molar-refractivity contribution in [3.63, 3.8) is 0 Å². The first kappa shape index (κ1) is 24.8. The number of nitrogen functional groups attached to an aromatic ring is 2. The number of nitrogens with zero attached hydrogens (tertiary/aromatic N) is 3. The molecular formula is C19H16Cl2N6O4S3. The maximum atomic E-state index is 12.8. The van der Waals surface area contributed by atoms with E-state index in [0.717, 1.165) is 11.8 Å². The third-order valence-corrected chi connectivity index (χ3v) is 8.87. The van der Waals surface area contributed by atoms with Gasteiger partial charge in [-0.15, -0.1) is 23.5 Å². The molecule has 0 radical (unpaired) electrons. The minimum absolute atomic E-state index is 0.0144. The van der Waals surface area contributed by atoms with E-state index in [9.17, 15) is 19.5 Å². The molecule has 34 heavy (non-hydrogen) atoms. The molecular weight excluding hydrogens is 543 g/mol. The van der Waals surface area contributed by atoms with Gasteiger partial charge in [-0.05, 0) is 18.2 Å². The molecule has 0 aliphatic carbocycles. The molecule has 2 aromatic rings. The average molecular weight is 559 g/mol.